The molecule has 9 heteroatoms. The van der Waals surface area contributed by atoms with Crippen molar-refractivity contribution in [1.82, 2.24) is 20.4 Å². The molecule has 2 aromatic carbocycles. The van der Waals surface area contributed by atoms with Crippen molar-refractivity contribution in [3.05, 3.63) is 53.9 Å². The summed E-state index contributed by atoms with van der Waals surface area (Å²) < 4.78 is 21.3. The van der Waals surface area contributed by atoms with Crippen LogP contribution in [0.25, 0.3) is 11.4 Å². The summed E-state index contributed by atoms with van der Waals surface area (Å²) in [5, 5.41) is 7.25. The number of likely N-dealkylation sites (tertiary alicyclic amines) is 1. The number of amides is 1. The highest BCUT2D eigenvalue weighted by atomic mass is 16.5. The first-order valence-corrected chi connectivity index (χ1v) is 11.7. The van der Waals surface area contributed by atoms with E-state index in [0.717, 1.165) is 42.8 Å². The molecule has 0 aliphatic carbocycles. The third kappa shape index (κ3) is 5.92. The molecule has 1 amide bonds. The number of carbonyl (C=O) groups is 1. The second kappa shape index (κ2) is 11.2. The smallest absolute Gasteiger partial charge is 0.241 e. The van der Waals surface area contributed by atoms with Gasteiger partial charge in [-0.15, -0.1) is 0 Å². The molecule has 1 unspecified atom stereocenters. The Morgan fingerprint density at radius 2 is 1.77 bits per heavy atom. The van der Waals surface area contributed by atoms with Gasteiger partial charge in [-0.2, -0.15) is 4.98 Å². The summed E-state index contributed by atoms with van der Waals surface area (Å²) in [5.41, 5.74) is 1.84. The number of carbonyl (C=O) groups excluding carboxylic acids is 1. The fourth-order valence-electron chi connectivity index (χ4n) is 4.26. The van der Waals surface area contributed by atoms with Gasteiger partial charge in [-0.05, 0) is 74.8 Å². The highest BCUT2D eigenvalue weighted by Gasteiger charge is 2.27. The van der Waals surface area contributed by atoms with Gasteiger partial charge in [0.2, 0.25) is 17.6 Å². The third-order valence-corrected chi connectivity index (χ3v) is 6.40. The largest absolute Gasteiger partial charge is 0.497 e. The first kappa shape index (κ1) is 24.5. The first-order valence-electron chi connectivity index (χ1n) is 11.7. The molecule has 0 radical (unpaired) electrons. The minimum absolute atomic E-state index is 0.0219. The molecule has 1 aliphatic rings. The molecule has 2 heterocycles. The van der Waals surface area contributed by atoms with E-state index in [9.17, 15) is 4.79 Å². The molecule has 1 atom stereocenters. The number of piperidine rings is 1. The van der Waals surface area contributed by atoms with Gasteiger partial charge in [0.1, 0.15) is 5.75 Å². The number of nitrogens with one attached hydrogen (secondary N) is 1. The number of hydrogen-bond donors (Lipinski definition) is 1. The molecule has 1 N–H and O–H groups in total. The zero-order chi connectivity index (χ0) is 24.8. The molecule has 9 nitrogen and oxygen atoms in total. The van der Waals surface area contributed by atoms with E-state index in [1.807, 2.05) is 49.4 Å². The molecule has 35 heavy (non-hydrogen) atoms. The Balaban J connectivity index is 1.27. The summed E-state index contributed by atoms with van der Waals surface area (Å²) in [5.74, 6) is 3.28. The van der Waals surface area contributed by atoms with E-state index in [-0.39, 0.29) is 17.9 Å². The van der Waals surface area contributed by atoms with Crippen LogP contribution in [0.5, 0.6) is 17.2 Å². The topological polar surface area (TPSA) is 99.0 Å². The SMILES string of the molecule is COc1ccc(-c2noc(CN3CCC(C(=O)NC(C)c4ccc(OC)c(OC)c4)CC3)n2)cc1. The van der Waals surface area contributed by atoms with Gasteiger partial charge in [-0.3, -0.25) is 9.69 Å². The minimum atomic E-state index is -0.130. The number of aromatic nitrogens is 2. The second-order valence-corrected chi connectivity index (χ2v) is 8.64. The monoisotopic (exact) mass is 480 g/mol. The number of methoxy groups -OCH3 is 3. The predicted molar refractivity (Wildman–Crippen MR) is 130 cm³/mol. The zero-order valence-electron chi connectivity index (χ0n) is 20.6. The van der Waals surface area contributed by atoms with E-state index in [0.29, 0.717) is 29.8 Å². The Morgan fingerprint density at radius 3 is 2.43 bits per heavy atom. The van der Waals surface area contributed by atoms with Crippen LogP contribution in [0.2, 0.25) is 0 Å². The maximum absolute atomic E-state index is 12.9. The number of ether oxygens (including phenoxy) is 3. The van der Waals surface area contributed by atoms with Crippen LogP contribution in [0.4, 0.5) is 0 Å². The van der Waals surface area contributed by atoms with E-state index in [4.69, 9.17) is 18.7 Å². The van der Waals surface area contributed by atoms with Crippen molar-refractivity contribution < 1.29 is 23.5 Å². The Bertz CT molecular complexity index is 1120. The van der Waals surface area contributed by atoms with Gasteiger partial charge in [0.25, 0.3) is 0 Å². The van der Waals surface area contributed by atoms with Crippen LogP contribution in [0.1, 0.15) is 37.3 Å². The summed E-state index contributed by atoms with van der Waals surface area (Å²) in [6, 6.07) is 13.1. The van der Waals surface area contributed by atoms with E-state index < -0.39 is 0 Å². The van der Waals surface area contributed by atoms with Crippen molar-refractivity contribution in [3.8, 4) is 28.6 Å². The average Bonchev–Trinajstić information content (AvgIpc) is 3.37. The standard InChI is InChI=1S/C26H32N4O5/c1-17(20-7-10-22(33-3)23(15-20)34-4)27-26(31)19-11-13-30(14-12-19)16-24-28-25(29-35-24)18-5-8-21(32-2)9-6-18/h5-10,15,17,19H,11-14,16H2,1-4H3,(H,27,31). The van der Waals surface area contributed by atoms with E-state index in [1.165, 1.54) is 0 Å². The molecule has 3 aromatic rings. The Labute approximate surface area is 205 Å². The molecule has 0 bridgehead atoms. The van der Waals surface area contributed by atoms with Crippen LogP contribution in [0, 0.1) is 5.92 Å². The predicted octanol–water partition coefficient (Wildman–Crippen LogP) is 3.85. The average molecular weight is 481 g/mol. The Morgan fingerprint density at radius 1 is 1.06 bits per heavy atom. The molecule has 186 valence electrons. The number of benzene rings is 2. The maximum atomic E-state index is 12.9. The van der Waals surface area contributed by atoms with Crippen LogP contribution >= 0.6 is 0 Å². The number of hydrogen-bond acceptors (Lipinski definition) is 8. The molecule has 0 spiro atoms. The van der Waals surface area contributed by atoms with Crippen LogP contribution in [-0.2, 0) is 11.3 Å². The molecule has 4 rings (SSSR count). The van der Waals surface area contributed by atoms with Gasteiger partial charge >= 0.3 is 0 Å². The van der Waals surface area contributed by atoms with Gasteiger partial charge < -0.3 is 24.1 Å². The highest BCUT2D eigenvalue weighted by Crippen LogP contribution is 2.30. The second-order valence-electron chi connectivity index (χ2n) is 8.64. The Hall–Kier alpha value is -3.59. The van der Waals surface area contributed by atoms with Crippen LogP contribution in [-0.4, -0.2) is 55.4 Å². The van der Waals surface area contributed by atoms with Crippen LogP contribution < -0.4 is 19.5 Å². The van der Waals surface area contributed by atoms with Crippen LogP contribution in [0.3, 0.4) is 0 Å². The lowest BCUT2D eigenvalue weighted by Gasteiger charge is -2.31. The van der Waals surface area contributed by atoms with Crippen molar-refractivity contribution in [1.29, 1.82) is 0 Å². The Kier molecular flexibility index (Phi) is 7.87. The maximum Gasteiger partial charge on any atom is 0.241 e. The lowest BCUT2D eigenvalue weighted by Crippen LogP contribution is -2.40. The van der Waals surface area contributed by atoms with E-state index in [1.54, 1.807) is 21.3 Å². The zero-order valence-corrected chi connectivity index (χ0v) is 20.6. The summed E-state index contributed by atoms with van der Waals surface area (Å²) in [7, 11) is 4.84. The summed E-state index contributed by atoms with van der Waals surface area (Å²) >= 11 is 0. The lowest BCUT2D eigenvalue weighted by molar-refractivity contribution is -0.127. The molecular formula is C26H32N4O5. The molecule has 1 aliphatic heterocycles. The fourth-order valence-corrected chi connectivity index (χ4v) is 4.26. The quantitative estimate of drug-likeness (QED) is 0.493. The third-order valence-electron chi connectivity index (χ3n) is 6.40. The molecular weight excluding hydrogens is 448 g/mol. The molecule has 1 fully saturated rings. The fraction of sp³-hybridized carbons (Fsp3) is 0.423. The first-order chi connectivity index (χ1) is 17.0. The molecule has 1 aromatic heterocycles. The van der Waals surface area contributed by atoms with Crippen molar-refractivity contribution in [2.24, 2.45) is 5.92 Å². The summed E-state index contributed by atoms with van der Waals surface area (Å²) in [4.78, 5) is 19.7. The summed E-state index contributed by atoms with van der Waals surface area (Å²) in [6.45, 7) is 4.13. The molecule has 1 saturated heterocycles. The summed E-state index contributed by atoms with van der Waals surface area (Å²) in [6.07, 6.45) is 1.56. The van der Waals surface area contributed by atoms with Gasteiger partial charge in [0.15, 0.2) is 11.5 Å². The van der Waals surface area contributed by atoms with Crippen LogP contribution in [0.15, 0.2) is 47.0 Å². The van der Waals surface area contributed by atoms with Crippen molar-refractivity contribution >= 4 is 5.91 Å². The number of nitrogens with zero attached hydrogens (tertiary/aromatic N) is 3. The van der Waals surface area contributed by atoms with Gasteiger partial charge in [-0.25, -0.2) is 0 Å². The highest BCUT2D eigenvalue weighted by molar-refractivity contribution is 5.79. The van der Waals surface area contributed by atoms with Crippen molar-refractivity contribution in [3.63, 3.8) is 0 Å². The number of rotatable bonds is 9. The van der Waals surface area contributed by atoms with E-state index in [2.05, 4.69) is 20.4 Å². The van der Waals surface area contributed by atoms with Gasteiger partial charge in [0, 0.05) is 11.5 Å². The van der Waals surface area contributed by atoms with Crippen molar-refractivity contribution in [2.45, 2.75) is 32.4 Å². The van der Waals surface area contributed by atoms with Crippen molar-refractivity contribution in [2.75, 3.05) is 34.4 Å². The van der Waals surface area contributed by atoms with Gasteiger partial charge in [-0.1, -0.05) is 11.2 Å². The minimum Gasteiger partial charge on any atom is -0.497 e. The van der Waals surface area contributed by atoms with E-state index >= 15 is 0 Å². The molecule has 0 saturated carbocycles. The normalized spacial score (nSPS) is 15.4. The van der Waals surface area contributed by atoms with Gasteiger partial charge in [0.05, 0.1) is 33.9 Å². The lowest BCUT2D eigenvalue weighted by atomic mass is 9.95.